The Morgan fingerprint density at radius 2 is 1.86 bits per heavy atom. The minimum absolute atomic E-state index is 0.214. The van der Waals surface area contributed by atoms with Gasteiger partial charge >= 0.3 is 0 Å². The van der Waals surface area contributed by atoms with Gasteiger partial charge in [0.25, 0.3) is 0 Å². The summed E-state index contributed by atoms with van der Waals surface area (Å²) in [7, 11) is 0. The molecule has 1 aromatic heterocycles. The van der Waals surface area contributed by atoms with Gasteiger partial charge in [-0.15, -0.1) is 10.2 Å². The number of hydrogen-bond donors (Lipinski definition) is 0. The Morgan fingerprint density at radius 1 is 1.14 bits per heavy atom. The molecule has 21 heavy (non-hydrogen) atoms. The fraction of sp³-hybridized carbons (Fsp3) is 0.357. The lowest BCUT2D eigenvalue weighted by molar-refractivity contribution is 0.205. The minimum Gasteiger partial charge on any atom is -0.369 e. The Kier molecular flexibility index (Phi) is 3.79. The smallest absolute Gasteiger partial charge is 0.235 e. The van der Waals surface area contributed by atoms with E-state index < -0.39 is 0 Å². The lowest BCUT2D eigenvalue weighted by Gasteiger charge is -2.36. The summed E-state index contributed by atoms with van der Waals surface area (Å²) < 4.78 is 14.7. The van der Waals surface area contributed by atoms with Crippen LogP contribution in [0.3, 0.4) is 0 Å². The number of nitrogens with zero attached hydrogens (tertiary/aromatic N) is 6. The molecule has 108 valence electrons. The van der Waals surface area contributed by atoms with Crippen molar-refractivity contribution in [1.29, 1.82) is 5.26 Å². The SMILES string of the molecule is N#Cc1nncn1CN1CCN(c2ccc(F)cc2)CC1. The monoisotopic (exact) mass is 286 g/mol. The van der Waals surface area contributed by atoms with Crippen LogP contribution in [0, 0.1) is 17.1 Å². The quantitative estimate of drug-likeness (QED) is 0.844. The van der Waals surface area contributed by atoms with Crippen LogP contribution in [0.15, 0.2) is 30.6 Å². The number of benzene rings is 1. The number of piperazine rings is 1. The molecule has 0 radical (unpaired) electrons. The topological polar surface area (TPSA) is 61.0 Å². The van der Waals surface area contributed by atoms with Gasteiger partial charge in [0.1, 0.15) is 18.2 Å². The molecule has 1 fully saturated rings. The fourth-order valence-corrected chi connectivity index (χ4v) is 2.46. The zero-order chi connectivity index (χ0) is 14.7. The molecule has 0 amide bonds. The molecule has 2 aromatic rings. The van der Waals surface area contributed by atoms with Crippen molar-refractivity contribution in [2.24, 2.45) is 0 Å². The third-order valence-electron chi connectivity index (χ3n) is 3.63. The van der Waals surface area contributed by atoms with Crippen LogP contribution in [0.4, 0.5) is 10.1 Å². The van der Waals surface area contributed by atoms with Gasteiger partial charge in [0.15, 0.2) is 0 Å². The molecule has 0 atom stereocenters. The minimum atomic E-state index is -0.214. The second kappa shape index (κ2) is 5.89. The lowest BCUT2D eigenvalue weighted by Crippen LogP contribution is -2.46. The highest BCUT2D eigenvalue weighted by atomic mass is 19.1. The van der Waals surface area contributed by atoms with Crippen LogP contribution >= 0.6 is 0 Å². The van der Waals surface area contributed by atoms with Gasteiger partial charge in [-0.2, -0.15) is 5.26 Å². The highest BCUT2D eigenvalue weighted by Crippen LogP contribution is 2.17. The van der Waals surface area contributed by atoms with Gasteiger partial charge in [-0.05, 0) is 24.3 Å². The summed E-state index contributed by atoms with van der Waals surface area (Å²) in [6.07, 6.45) is 1.57. The van der Waals surface area contributed by atoms with Crippen molar-refractivity contribution in [3.63, 3.8) is 0 Å². The zero-order valence-electron chi connectivity index (χ0n) is 11.5. The van der Waals surface area contributed by atoms with Gasteiger partial charge in [-0.25, -0.2) is 4.39 Å². The number of halogens is 1. The molecule has 1 aliphatic rings. The number of rotatable bonds is 3. The van der Waals surface area contributed by atoms with Crippen molar-refractivity contribution in [2.45, 2.75) is 6.67 Å². The standard InChI is InChI=1S/C14H15FN6/c15-12-1-3-13(4-2-12)20-7-5-19(6-8-20)11-21-10-17-18-14(21)9-16/h1-4,10H,5-8,11H2. The van der Waals surface area contributed by atoms with Crippen LogP contribution in [-0.4, -0.2) is 45.8 Å². The Balaban J connectivity index is 1.58. The summed E-state index contributed by atoms with van der Waals surface area (Å²) in [6.45, 7) is 4.11. The molecule has 0 bridgehead atoms. The van der Waals surface area contributed by atoms with Crippen molar-refractivity contribution in [3.8, 4) is 6.07 Å². The number of nitriles is 1. The molecule has 6 nitrogen and oxygen atoms in total. The average molecular weight is 286 g/mol. The molecule has 1 aliphatic heterocycles. The highest BCUT2D eigenvalue weighted by Gasteiger charge is 2.18. The average Bonchev–Trinajstić information content (AvgIpc) is 2.96. The van der Waals surface area contributed by atoms with E-state index >= 15 is 0 Å². The van der Waals surface area contributed by atoms with Crippen LogP contribution in [0.25, 0.3) is 0 Å². The van der Waals surface area contributed by atoms with E-state index in [1.807, 2.05) is 6.07 Å². The summed E-state index contributed by atoms with van der Waals surface area (Å²) in [5.41, 5.74) is 1.04. The van der Waals surface area contributed by atoms with Crippen molar-refractivity contribution in [3.05, 3.63) is 42.2 Å². The van der Waals surface area contributed by atoms with Crippen molar-refractivity contribution in [2.75, 3.05) is 31.1 Å². The summed E-state index contributed by atoms with van der Waals surface area (Å²) in [4.78, 5) is 4.47. The van der Waals surface area contributed by atoms with Crippen LogP contribution in [0.5, 0.6) is 0 Å². The van der Waals surface area contributed by atoms with E-state index in [0.29, 0.717) is 12.5 Å². The fourth-order valence-electron chi connectivity index (χ4n) is 2.46. The normalized spacial score (nSPS) is 15.9. The molecule has 0 saturated carbocycles. The van der Waals surface area contributed by atoms with E-state index in [9.17, 15) is 4.39 Å². The summed E-state index contributed by atoms with van der Waals surface area (Å²) >= 11 is 0. The van der Waals surface area contributed by atoms with E-state index in [0.717, 1.165) is 31.9 Å². The molecule has 0 unspecified atom stereocenters. The highest BCUT2D eigenvalue weighted by molar-refractivity contribution is 5.46. The Morgan fingerprint density at radius 3 is 2.52 bits per heavy atom. The predicted molar refractivity (Wildman–Crippen MR) is 74.9 cm³/mol. The third-order valence-corrected chi connectivity index (χ3v) is 3.63. The molecule has 1 saturated heterocycles. The van der Waals surface area contributed by atoms with Gasteiger partial charge in [0.2, 0.25) is 5.82 Å². The van der Waals surface area contributed by atoms with Crippen LogP contribution in [-0.2, 0) is 6.67 Å². The largest absolute Gasteiger partial charge is 0.369 e. The van der Waals surface area contributed by atoms with Gasteiger partial charge in [0.05, 0.1) is 6.67 Å². The van der Waals surface area contributed by atoms with Crippen molar-refractivity contribution < 1.29 is 4.39 Å². The Bertz CT molecular complexity index is 636. The second-order valence-corrected chi connectivity index (χ2v) is 4.96. The maximum Gasteiger partial charge on any atom is 0.235 e. The Labute approximate surface area is 122 Å². The molecule has 1 aromatic carbocycles. The van der Waals surface area contributed by atoms with E-state index in [1.165, 1.54) is 12.1 Å². The van der Waals surface area contributed by atoms with Crippen LogP contribution < -0.4 is 4.90 Å². The third kappa shape index (κ3) is 3.01. The van der Waals surface area contributed by atoms with Crippen molar-refractivity contribution in [1.82, 2.24) is 19.7 Å². The summed E-state index contributed by atoms with van der Waals surface area (Å²) in [5, 5.41) is 16.4. The van der Waals surface area contributed by atoms with E-state index in [4.69, 9.17) is 5.26 Å². The molecule has 0 aliphatic carbocycles. The molecule has 0 N–H and O–H groups in total. The van der Waals surface area contributed by atoms with E-state index in [1.54, 1.807) is 23.0 Å². The van der Waals surface area contributed by atoms with Crippen LogP contribution in [0.2, 0.25) is 0 Å². The molecular weight excluding hydrogens is 271 g/mol. The lowest BCUT2D eigenvalue weighted by atomic mass is 10.2. The number of hydrogen-bond acceptors (Lipinski definition) is 5. The van der Waals surface area contributed by atoms with Gasteiger partial charge in [0, 0.05) is 31.9 Å². The molecule has 0 spiro atoms. The molecule has 7 heteroatoms. The molecular formula is C14H15FN6. The maximum atomic E-state index is 12.9. The summed E-state index contributed by atoms with van der Waals surface area (Å²) in [6, 6.07) is 8.60. The first kappa shape index (κ1) is 13.5. The van der Waals surface area contributed by atoms with Gasteiger partial charge < -0.3 is 4.90 Å². The van der Waals surface area contributed by atoms with Gasteiger partial charge in [-0.3, -0.25) is 9.47 Å². The van der Waals surface area contributed by atoms with E-state index in [-0.39, 0.29) is 5.82 Å². The first-order valence-electron chi connectivity index (χ1n) is 6.77. The predicted octanol–water partition coefficient (Wildman–Crippen LogP) is 1.07. The van der Waals surface area contributed by atoms with E-state index in [2.05, 4.69) is 20.0 Å². The molecule has 2 heterocycles. The second-order valence-electron chi connectivity index (χ2n) is 4.96. The first-order chi connectivity index (χ1) is 10.3. The van der Waals surface area contributed by atoms with Gasteiger partial charge in [-0.1, -0.05) is 0 Å². The Hall–Kier alpha value is -2.46. The zero-order valence-corrected chi connectivity index (χ0v) is 11.5. The molecule has 3 rings (SSSR count). The first-order valence-corrected chi connectivity index (χ1v) is 6.77. The summed E-state index contributed by atoms with van der Waals surface area (Å²) in [5.74, 6) is 0.116. The maximum absolute atomic E-state index is 12.9. The van der Waals surface area contributed by atoms with Crippen molar-refractivity contribution >= 4 is 5.69 Å². The number of anilines is 1. The van der Waals surface area contributed by atoms with Crippen LogP contribution in [0.1, 0.15) is 5.82 Å². The number of aromatic nitrogens is 3.